The topological polar surface area (TPSA) is 74.8 Å². The minimum absolute atomic E-state index is 0.0161. The third kappa shape index (κ3) is 2.78. The van der Waals surface area contributed by atoms with Crippen LogP contribution in [-0.2, 0) is 10.0 Å². The molecule has 1 fully saturated rings. The first-order valence-corrected chi connectivity index (χ1v) is 11.3. The standard InChI is InChI=1S/C19H20N2O4S2/c1-12(2)21-19(23)15-6-5-13(10-17(15)27(21,24)25)18(22)20-8-3-4-16(20)14-7-9-26-11-14/h5-7,9-12,16H,3-4,8H2,1-2H3. The van der Waals surface area contributed by atoms with Crippen molar-refractivity contribution in [2.24, 2.45) is 0 Å². The molecule has 2 aromatic rings. The first-order chi connectivity index (χ1) is 12.8. The quantitative estimate of drug-likeness (QED) is 0.787. The van der Waals surface area contributed by atoms with Gasteiger partial charge in [-0.15, -0.1) is 0 Å². The molecule has 8 heteroatoms. The average molecular weight is 405 g/mol. The van der Waals surface area contributed by atoms with Gasteiger partial charge in [0.15, 0.2) is 0 Å². The Morgan fingerprint density at radius 3 is 2.70 bits per heavy atom. The molecule has 0 bridgehead atoms. The normalized spacial score (nSPS) is 21.1. The van der Waals surface area contributed by atoms with E-state index in [4.69, 9.17) is 0 Å². The first kappa shape index (κ1) is 18.2. The number of fused-ring (bicyclic) bond motifs is 1. The van der Waals surface area contributed by atoms with Crippen LogP contribution in [0.4, 0.5) is 0 Å². The number of likely N-dealkylation sites (tertiary alicyclic amines) is 1. The van der Waals surface area contributed by atoms with E-state index in [0.29, 0.717) is 12.1 Å². The summed E-state index contributed by atoms with van der Waals surface area (Å²) < 4.78 is 26.4. The van der Waals surface area contributed by atoms with Crippen LogP contribution in [-0.4, -0.2) is 42.0 Å². The molecule has 0 aliphatic carbocycles. The fourth-order valence-corrected chi connectivity index (χ4v) is 6.38. The lowest BCUT2D eigenvalue weighted by atomic mass is 10.1. The molecule has 6 nitrogen and oxygen atoms in total. The van der Waals surface area contributed by atoms with E-state index in [2.05, 4.69) is 0 Å². The molecule has 0 spiro atoms. The molecule has 27 heavy (non-hydrogen) atoms. The molecule has 2 aliphatic rings. The Morgan fingerprint density at radius 2 is 2.04 bits per heavy atom. The van der Waals surface area contributed by atoms with Gasteiger partial charge in [-0.25, -0.2) is 12.7 Å². The van der Waals surface area contributed by atoms with E-state index in [1.165, 1.54) is 12.1 Å². The van der Waals surface area contributed by atoms with E-state index >= 15 is 0 Å². The minimum Gasteiger partial charge on any atom is -0.332 e. The fraction of sp³-hybridized carbons (Fsp3) is 0.368. The molecular formula is C19H20N2O4S2. The van der Waals surface area contributed by atoms with Gasteiger partial charge in [0.1, 0.15) is 4.90 Å². The van der Waals surface area contributed by atoms with Crippen molar-refractivity contribution in [3.05, 3.63) is 51.7 Å². The van der Waals surface area contributed by atoms with Gasteiger partial charge in [-0.3, -0.25) is 9.59 Å². The summed E-state index contributed by atoms with van der Waals surface area (Å²) in [6, 6.07) is 5.93. The molecule has 4 rings (SSSR count). The maximum Gasteiger partial charge on any atom is 0.269 e. The van der Waals surface area contributed by atoms with Crippen LogP contribution in [0.15, 0.2) is 39.9 Å². The van der Waals surface area contributed by atoms with E-state index in [1.807, 2.05) is 16.8 Å². The molecule has 2 amide bonds. The maximum absolute atomic E-state index is 13.1. The van der Waals surface area contributed by atoms with Gasteiger partial charge in [-0.05, 0) is 67.3 Å². The second kappa shape index (κ2) is 6.45. The van der Waals surface area contributed by atoms with Crippen LogP contribution >= 0.6 is 11.3 Å². The predicted molar refractivity (Wildman–Crippen MR) is 102 cm³/mol. The second-order valence-corrected chi connectivity index (χ2v) is 9.69. The molecule has 0 saturated carbocycles. The monoisotopic (exact) mass is 404 g/mol. The molecule has 1 aromatic heterocycles. The molecule has 0 radical (unpaired) electrons. The van der Waals surface area contributed by atoms with Gasteiger partial charge in [0.2, 0.25) is 0 Å². The smallest absolute Gasteiger partial charge is 0.269 e. The third-order valence-electron chi connectivity index (χ3n) is 5.11. The van der Waals surface area contributed by atoms with Crippen molar-refractivity contribution >= 4 is 33.2 Å². The van der Waals surface area contributed by atoms with Crippen LogP contribution in [0.3, 0.4) is 0 Å². The van der Waals surface area contributed by atoms with Crippen LogP contribution in [0, 0.1) is 0 Å². The lowest BCUT2D eigenvalue weighted by Crippen LogP contribution is -2.36. The van der Waals surface area contributed by atoms with Crippen molar-refractivity contribution in [2.45, 2.75) is 43.7 Å². The second-order valence-electron chi connectivity index (χ2n) is 7.12. The maximum atomic E-state index is 13.1. The molecule has 1 atom stereocenters. The van der Waals surface area contributed by atoms with Gasteiger partial charge in [0, 0.05) is 18.2 Å². The highest BCUT2D eigenvalue weighted by Gasteiger charge is 2.43. The summed E-state index contributed by atoms with van der Waals surface area (Å²) >= 11 is 1.59. The summed E-state index contributed by atoms with van der Waals surface area (Å²) in [5.41, 5.74) is 1.55. The van der Waals surface area contributed by atoms with Crippen molar-refractivity contribution in [1.82, 2.24) is 9.21 Å². The van der Waals surface area contributed by atoms with Crippen molar-refractivity contribution in [2.75, 3.05) is 6.54 Å². The lowest BCUT2D eigenvalue weighted by Gasteiger charge is -2.24. The molecule has 0 N–H and O–H groups in total. The molecule has 3 heterocycles. The minimum atomic E-state index is -3.92. The number of sulfonamides is 1. The van der Waals surface area contributed by atoms with E-state index in [9.17, 15) is 18.0 Å². The zero-order valence-corrected chi connectivity index (χ0v) is 16.7. The number of carbonyl (C=O) groups excluding carboxylic acids is 2. The Morgan fingerprint density at radius 1 is 1.26 bits per heavy atom. The Hall–Kier alpha value is -2.19. The van der Waals surface area contributed by atoms with Crippen LogP contribution in [0.5, 0.6) is 0 Å². The van der Waals surface area contributed by atoms with E-state index in [-0.39, 0.29) is 22.4 Å². The summed E-state index contributed by atoms with van der Waals surface area (Å²) in [4.78, 5) is 27.3. The zero-order chi connectivity index (χ0) is 19.3. The number of thiophene rings is 1. The number of rotatable bonds is 3. The Kier molecular flexibility index (Phi) is 4.35. The molecule has 1 saturated heterocycles. The Bertz CT molecular complexity index is 1010. The SMILES string of the molecule is CC(C)N1C(=O)c2ccc(C(=O)N3CCCC3c3ccsc3)cc2S1(=O)=O. The van der Waals surface area contributed by atoms with Crippen LogP contribution < -0.4 is 0 Å². The number of benzene rings is 1. The largest absolute Gasteiger partial charge is 0.332 e. The third-order valence-corrected chi connectivity index (χ3v) is 7.81. The highest BCUT2D eigenvalue weighted by atomic mass is 32.2. The number of carbonyl (C=O) groups is 2. The van der Waals surface area contributed by atoms with Crippen LogP contribution in [0.1, 0.15) is 59.0 Å². The van der Waals surface area contributed by atoms with Crippen LogP contribution in [0.25, 0.3) is 0 Å². The number of amides is 2. The fourth-order valence-electron chi connectivity index (χ4n) is 3.88. The average Bonchev–Trinajstić information content (AvgIpc) is 3.33. The van der Waals surface area contributed by atoms with Gasteiger partial charge in [-0.1, -0.05) is 0 Å². The van der Waals surface area contributed by atoms with Gasteiger partial charge in [0.05, 0.1) is 11.6 Å². The van der Waals surface area contributed by atoms with Gasteiger partial charge in [0.25, 0.3) is 21.8 Å². The number of hydrogen-bond acceptors (Lipinski definition) is 5. The molecule has 1 aromatic carbocycles. The first-order valence-electron chi connectivity index (χ1n) is 8.88. The summed E-state index contributed by atoms with van der Waals surface area (Å²) in [6.07, 6.45) is 1.81. The van der Waals surface area contributed by atoms with Crippen molar-refractivity contribution in [3.8, 4) is 0 Å². The zero-order valence-electron chi connectivity index (χ0n) is 15.1. The molecule has 1 unspecified atom stereocenters. The van der Waals surface area contributed by atoms with Crippen LogP contribution in [0.2, 0.25) is 0 Å². The van der Waals surface area contributed by atoms with Crippen molar-refractivity contribution < 1.29 is 18.0 Å². The molecule has 2 aliphatic heterocycles. The van der Waals surface area contributed by atoms with Gasteiger partial charge < -0.3 is 4.90 Å². The summed E-state index contributed by atoms with van der Waals surface area (Å²) in [7, 11) is -3.92. The molecular weight excluding hydrogens is 384 g/mol. The summed E-state index contributed by atoms with van der Waals surface area (Å²) in [5.74, 6) is -0.728. The Labute approximate surface area is 162 Å². The predicted octanol–water partition coefficient (Wildman–Crippen LogP) is 3.28. The Balaban J connectivity index is 1.70. The van der Waals surface area contributed by atoms with Crippen molar-refractivity contribution in [1.29, 1.82) is 0 Å². The number of hydrogen-bond donors (Lipinski definition) is 0. The highest BCUT2D eigenvalue weighted by Crippen LogP contribution is 2.36. The summed E-state index contributed by atoms with van der Waals surface area (Å²) in [5, 5.41) is 4.03. The molecule has 142 valence electrons. The van der Waals surface area contributed by atoms with Crippen molar-refractivity contribution in [3.63, 3.8) is 0 Å². The summed E-state index contributed by atoms with van der Waals surface area (Å²) in [6.45, 7) is 3.95. The highest BCUT2D eigenvalue weighted by molar-refractivity contribution is 7.90. The van der Waals surface area contributed by atoms with Gasteiger partial charge in [-0.2, -0.15) is 11.3 Å². The van der Waals surface area contributed by atoms with E-state index in [1.54, 1.807) is 36.2 Å². The number of nitrogens with zero attached hydrogens (tertiary/aromatic N) is 2. The van der Waals surface area contributed by atoms with E-state index < -0.39 is 22.0 Å². The van der Waals surface area contributed by atoms with Gasteiger partial charge >= 0.3 is 0 Å². The lowest BCUT2D eigenvalue weighted by molar-refractivity contribution is 0.0734. The van der Waals surface area contributed by atoms with E-state index in [0.717, 1.165) is 22.7 Å².